The van der Waals surface area contributed by atoms with Crippen LogP contribution in [0.3, 0.4) is 0 Å². The lowest BCUT2D eigenvalue weighted by molar-refractivity contribution is -0.125. The number of amides is 1. The van der Waals surface area contributed by atoms with Crippen LogP contribution in [0, 0.1) is 6.92 Å². The minimum absolute atomic E-state index is 0.106. The molecule has 0 saturated carbocycles. The summed E-state index contributed by atoms with van der Waals surface area (Å²) in [6.45, 7) is 3.60. The molecule has 6 nitrogen and oxygen atoms in total. The Kier molecular flexibility index (Phi) is 6.57. The van der Waals surface area contributed by atoms with Gasteiger partial charge in [-0.25, -0.2) is 4.68 Å². The van der Waals surface area contributed by atoms with Gasteiger partial charge in [-0.1, -0.05) is 47.7 Å². The summed E-state index contributed by atoms with van der Waals surface area (Å²) in [5.74, 6) is 0.705. The van der Waals surface area contributed by atoms with E-state index in [0.717, 1.165) is 16.9 Å². The summed E-state index contributed by atoms with van der Waals surface area (Å²) >= 11 is 0. The number of carbonyl (C=O) groups excluding carboxylic acids is 1. The molecule has 1 heterocycles. The van der Waals surface area contributed by atoms with Crippen LogP contribution in [-0.4, -0.2) is 46.0 Å². The van der Waals surface area contributed by atoms with E-state index in [4.69, 9.17) is 4.74 Å². The number of aryl methyl sites for hydroxylation is 1. The van der Waals surface area contributed by atoms with E-state index in [9.17, 15) is 4.79 Å². The number of likely N-dealkylation sites (N-methyl/N-ethyl adjacent to an activating group) is 1. The lowest BCUT2D eigenvalue weighted by Gasteiger charge is -2.15. The molecule has 1 aromatic heterocycles. The summed E-state index contributed by atoms with van der Waals surface area (Å²) in [5.41, 5.74) is 2.94. The third-order valence-electron chi connectivity index (χ3n) is 4.20. The molecule has 144 valence electrons. The molecule has 0 aliphatic heterocycles. The van der Waals surface area contributed by atoms with Crippen molar-refractivity contribution in [3.05, 3.63) is 83.7 Å². The van der Waals surface area contributed by atoms with Crippen molar-refractivity contribution in [2.24, 2.45) is 0 Å². The third kappa shape index (κ3) is 5.81. The van der Waals surface area contributed by atoms with Crippen LogP contribution in [0.2, 0.25) is 0 Å². The van der Waals surface area contributed by atoms with Gasteiger partial charge < -0.3 is 9.64 Å². The van der Waals surface area contributed by atoms with Crippen LogP contribution in [0.25, 0.3) is 6.08 Å². The van der Waals surface area contributed by atoms with Gasteiger partial charge in [0.25, 0.3) is 0 Å². The second-order valence-corrected chi connectivity index (χ2v) is 6.58. The number of aromatic nitrogens is 3. The van der Waals surface area contributed by atoms with Gasteiger partial charge in [-0.2, -0.15) is 0 Å². The fourth-order valence-corrected chi connectivity index (χ4v) is 2.64. The summed E-state index contributed by atoms with van der Waals surface area (Å²) in [5, 5.41) is 8.18. The van der Waals surface area contributed by atoms with Gasteiger partial charge in [0, 0.05) is 13.1 Å². The number of hydrogen-bond acceptors (Lipinski definition) is 4. The van der Waals surface area contributed by atoms with Gasteiger partial charge in [-0.05, 0) is 36.3 Å². The van der Waals surface area contributed by atoms with Crippen molar-refractivity contribution >= 4 is 12.0 Å². The van der Waals surface area contributed by atoms with Crippen molar-refractivity contribution in [1.82, 2.24) is 19.9 Å². The number of carbonyl (C=O) groups is 1. The second-order valence-electron chi connectivity index (χ2n) is 6.58. The zero-order valence-electron chi connectivity index (χ0n) is 16.2. The van der Waals surface area contributed by atoms with Gasteiger partial charge in [0.15, 0.2) is 0 Å². The van der Waals surface area contributed by atoms with E-state index < -0.39 is 0 Å². The highest BCUT2D eigenvalue weighted by Crippen LogP contribution is 2.12. The van der Waals surface area contributed by atoms with Crippen LogP contribution < -0.4 is 4.74 Å². The average Bonchev–Trinajstić information content (AvgIpc) is 3.14. The molecule has 0 aliphatic carbocycles. The first-order chi connectivity index (χ1) is 13.6. The Hall–Kier alpha value is -3.41. The fourth-order valence-electron chi connectivity index (χ4n) is 2.64. The van der Waals surface area contributed by atoms with Crippen LogP contribution in [0.4, 0.5) is 0 Å². The summed E-state index contributed by atoms with van der Waals surface area (Å²) < 4.78 is 7.44. The lowest BCUT2D eigenvalue weighted by Crippen LogP contribution is -2.29. The van der Waals surface area contributed by atoms with Crippen molar-refractivity contribution in [2.75, 3.05) is 20.2 Å². The number of ether oxygens (including phenoxy) is 1. The van der Waals surface area contributed by atoms with Gasteiger partial charge in [-0.15, -0.1) is 5.10 Å². The zero-order chi connectivity index (χ0) is 19.8. The van der Waals surface area contributed by atoms with E-state index in [1.54, 1.807) is 22.7 Å². The maximum absolute atomic E-state index is 12.2. The van der Waals surface area contributed by atoms with E-state index in [1.165, 1.54) is 6.08 Å². The Morgan fingerprint density at radius 1 is 1.18 bits per heavy atom. The molecular weight excluding hydrogens is 352 g/mol. The normalized spacial score (nSPS) is 10.9. The quantitative estimate of drug-likeness (QED) is 0.567. The highest BCUT2D eigenvalue weighted by molar-refractivity contribution is 5.91. The van der Waals surface area contributed by atoms with E-state index in [1.807, 2.05) is 67.7 Å². The fraction of sp³-hybridized carbons (Fsp3) is 0.227. The molecule has 0 fully saturated rings. The minimum Gasteiger partial charge on any atom is -0.492 e. The Balaban J connectivity index is 1.46. The van der Waals surface area contributed by atoms with E-state index in [0.29, 0.717) is 25.4 Å². The average molecular weight is 376 g/mol. The molecule has 3 aromatic rings. The highest BCUT2D eigenvalue weighted by atomic mass is 16.5. The highest BCUT2D eigenvalue weighted by Gasteiger charge is 2.06. The Bertz CT molecular complexity index is 934. The van der Waals surface area contributed by atoms with Crippen LogP contribution in [-0.2, 0) is 11.3 Å². The Morgan fingerprint density at radius 3 is 2.79 bits per heavy atom. The van der Waals surface area contributed by atoms with Gasteiger partial charge in [-0.3, -0.25) is 4.79 Å². The SMILES string of the molecule is Cc1cccc(OCCN(C)C(=O)/C=C/c2cn(Cc3ccccc3)nn2)c1. The summed E-state index contributed by atoms with van der Waals surface area (Å²) in [6.07, 6.45) is 5.00. The number of rotatable bonds is 8. The largest absolute Gasteiger partial charge is 0.492 e. The van der Waals surface area contributed by atoms with Crippen LogP contribution >= 0.6 is 0 Å². The number of benzene rings is 2. The predicted octanol–water partition coefficient (Wildman–Crippen LogP) is 3.19. The van der Waals surface area contributed by atoms with Crippen molar-refractivity contribution in [1.29, 1.82) is 0 Å². The van der Waals surface area contributed by atoms with Crippen molar-refractivity contribution in [3.8, 4) is 5.75 Å². The van der Waals surface area contributed by atoms with Crippen LogP contribution in [0.1, 0.15) is 16.8 Å². The summed E-state index contributed by atoms with van der Waals surface area (Å²) in [7, 11) is 1.75. The van der Waals surface area contributed by atoms with E-state index in [2.05, 4.69) is 10.3 Å². The molecule has 1 amide bonds. The third-order valence-corrected chi connectivity index (χ3v) is 4.20. The molecule has 3 rings (SSSR count). The number of nitrogens with zero attached hydrogens (tertiary/aromatic N) is 4. The van der Waals surface area contributed by atoms with Crippen molar-refractivity contribution in [3.63, 3.8) is 0 Å². The topological polar surface area (TPSA) is 60.2 Å². The molecular formula is C22H24N4O2. The number of hydrogen-bond donors (Lipinski definition) is 0. The molecule has 0 spiro atoms. The molecule has 0 aliphatic rings. The Morgan fingerprint density at radius 2 is 2.00 bits per heavy atom. The molecule has 6 heteroatoms. The van der Waals surface area contributed by atoms with Gasteiger partial charge in [0.1, 0.15) is 18.1 Å². The summed E-state index contributed by atoms with van der Waals surface area (Å²) in [4.78, 5) is 13.9. The smallest absolute Gasteiger partial charge is 0.246 e. The van der Waals surface area contributed by atoms with E-state index >= 15 is 0 Å². The molecule has 0 unspecified atom stereocenters. The van der Waals surface area contributed by atoms with E-state index in [-0.39, 0.29) is 5.91 Å². The maximum Gasteiger partial charge on any atom is 0.246 e. The molecule has 0 saturated heterocycles. The van der Waals surface area contributed by atoms with Crippen molar-refractivity contribution in [2.45, 2.75) is 13.5 Å². The molecule has 2 aromatic carbocycles. The Labute approximate surface area is 165 Å². The standard InChI is InChI=1S/C22H24N4O2/c1-18-7-6-10-21(15-18)28-14-13-25(2)22(27)12-11-20-17-26(24-23-20)16-19-8-4-3-5-9-19/h3-12,15,17H,13-14,16H2,1-2H3/b12-11+. The monoisotopic (exact) mass is 376 g/mol. The molecule has 0 radical (unpaired) electrons. The van der Waals surface area contributed by atoms with Crippen LogP contribution in [0.15, 0.2) is 66.9 Å². The minimum atomic E-state index is -0.106. The van der Waals surface area contributed by atoms with Crippen molar-refractivity contribution < 1.29 is 9.53 Å². The van der Waals surface area contributed by atoms with Gasteiger partial charge >= 0.3 is 0 Å². The lowest BCUT2D eigenvalue weighted by atomic mass is 10.2. The van der Waals surface area contributed by atoms with Gasteiger partial charge in [0.2, 0.25) is 5.91 Å². The van der Waals surface area contributed by atoms with Gasteiger partial charge in [0.05, 0.1) is 19.3 Å². The first-order valence-electron chi connectivity index (χ1n) is 9.17. The maximum atomic E-state index is 12.2. The molecule has 0 N–H and O–H groups in total. The predicted molar refractivity (Wildman–Crippen MR) is 109 cm³/mol. The second kappa shape index (κ2) is 9.50. The zero-order valence-corrected chi connectivity index (χ0v) is 16.2. The molecule has 0 atom stereocenters. The first-order valence-corrected chi connectivity index (χ1v) is 9.17. The summed E-state index contributed by atoms with van der Waals surface area (Å²) in [6, 6.07) is 17.9. The molecule has 0 bridgehead atoms. The van der Waals surface area contributed by atoms with Crippen LogP contribution in [0.5, 0.6) is 5.75 Å². The molecule has 28 heavy (non-hydrogen) atoms. The first kappa shape index (κ1) is 19.4.